The normalized spacial score (nSPS) is 13.9. The molecule has 1 unspecified atom stereocenters. The second kappa shape index (κ2) is 9.64. The Hall–Kier alpha value is -3.35. The molecule has 0 aliphatic carbocycles. The van der Waals surface area contributed by atoms with E-state index in [1.165, 1.54) is 17.2 Å². The number of nitrogens with one attached hydrogen (secondary N) is 2. The summed E-state index contributed by atoms with van der Waals surface area (Å²) >= 11 is 0. The third-order valence-corrected chi connectivity index (χ3v) is 5.49. The molecule has 1 atom stereocenters. The van der Waals surface area contributed by atoms with E-state index in [0.29, 0.717) is 24.4 Å². The number of hydrogen-bond acceptors (Lipinski definition) is 5. The summed E-state index contributed by atoms with van der Waals surface area (Å²) in [5, 5.41) is 26.6. The summed E-state index contributed by atoms with van der Waals surface area (Å²) in [6, 6.07) is 23.9. The van der Waals surface area contributed by atoms with Crippen LogP contribution in [-0.4, -0.2) is 35.8 Å². The van der Waals surface area contributed by atoms with Crippen LogP contribution in [0.5, 0.6) is 11.5 Å². The van der Waals surface area contributed by atoms with Gasteiger partial charge < -0.3 is 25.6 Å². The number of aromatic hydroxyl groups is 1. The summed E-state index contributed by atoms with van der Waals surface area (Å²) in [4.78, 5) is 11.5. The number of hydrogen-bond donors (Lipinski definition) is 4. The lowest BCUT2D eigenvalue weighted by Gasteiger charge is -2.24. The Labute approximate surface area is 181 Å². The monoisotopic (exact) mass is 418 g/mol. The molecule has 0 bridgehead atoms. The van der Waals surface area contributed by atoms with Crippen LogP contribution in [0.2, 0.25) is 0 Å². The van der Waals surface area contributed by atoms with Gasteiger partial charge in [0.15, 0.2) is 12.4 Å². The molecule has 0 saturated heterocycles. The fraction of sp³-hybridized carbons (Fsp3) is 0.240. The van der Waals surface area contributed by atoms with Gasteiger partial charge in [-0.1, -0.05) is 60.7 Å². The number of rotatable bonds is 8. The summed E-state index contributed by atoms with van der Waals surface area (Å²) in [5.74, 6) is 0.160. The van der Waals surface area contributed by atoms with Crippen LogP contribution in [0.15, 0.2) is 72.8 Å². The van der Waals surface area contributed by atoms with Crippen molar-refractivity contribution in [2.24, 2.45) is 0 Å². The first-order chi connectivity index (χ1) is 15.1. The fourth-order valence-corrected chi connectivity index (χ4v) is 3.93. The summed E-state index contributed by atoms with van der Waals surface area (Å²) in [7, 11) is 0. The quantitative estimate of drug-likeness (QED) is 0.332. The number of carbonyl (C=O) groups excluding carboxylic acids is 1. The predicted octanol–water partition coefficient (Wildman–Crippen LogP) is 3.57. The number of anilines is 1. The Kier molecular flexibility index (Phi) is 6.50. The minimum Gasteiger partial charge on any atom is -0.506 e. The van der Waals surface area contributed by atoms with Crippen LogP contribution in [0.3, 0.4) is 0 Å². The molecule has 1 aliphatic heterocycles. The summed E-state index contributed by atoms with van der Waals surface area (Å²) in [6.07, 6.45) is 0.0392. The number of phenolic OH excluding ortho intramolecular Hbond substituents is 1. The van der Waals surface area contributed by atoms with Gasteiger partial charge >= 0.3 is 0 Å². The van der Waals surface area contributed by atoms with Crippen LogP contribution in [-0.2, 0) is 4.79 Å². The average molecular weight is 418 g/mol. The molecule has 0 fully saturated rings. The highest BCUT2D eigenvalue weighted by molar-refractivity contribution is 5.97. The van der Waals surface area contributed by atoms with E-state index in [0.717, 1.165) is 6.42 Å². The van der Waals surface area contributed by atoms with E-state index in [4.69, 9.17) is 4.74 Å². The van der Waals surface area contributed by atoms with E-state index in [-0.39, 0.29) is 29.9 Å². The van der Waals surface area contributed by atoms with E-state index >= 15 is 0 Å². The molecule has 6 nitrogen and oxygen atoms in total. The molecule has 6 heteroatoms. The molecule has 1 amide bonds. The van der Waals surface area contributed by atoms with E-state index < -0.39 is 6.10 Å². The van der Waals surface area contributed by atoms with Gasteiger partial charge in [-0.15, -0.1) is 0 Å². The smallest absolute Gasteiger partial charge is 0.262 e. The molecule has 4 rings (SSSR count). The number of fused-ring (bicyclic) bond motifs is 1. The van der Waals surface area contributed by atoms with Crippen LogP contribution in [0.4, 0.5) is 5.69 Å². The zero-order chi connectivity index (χ0) is 21.6. The van der Waals surface area contributed by atoms with Gasteiger partial charge in [0.05, 0.1) is 6.10 Å². The highest BCUT2D eigenvalue weighted by atomic mass is 16.5. The first-order valence-electron chi connectivity index (χ1n) is 10.4. The van der Waals surface area contributed by atoms with Gasteiger partial charge in [0, 0.05) is 18.0 Å². The molecule has 4 N–H and O–H groups in total. The van der Waals surface area contributed by atoms with E-state index in [9.17, 15) is 15.0 Å². The Morgan fingerprint density at radius 3 is 2.26 bits per heavy atom. The van der Waals surface area contributed by atoms with Crippen molar-refractivity contribution in [3.05, 3.63) is 89.5 Å². The molecule has 1 heterocycles. The number of amides is 1. The van der Waals surface area contributed by atoms with Gasteiger partial charge in [0.1, 0.15) is 11.4 Å². The number of ether oxygens (including phenoxy) is 1. The van der Waals surface area contributed by atoms with Crippen molar-refractivity contribution in [1.82, 2.24) is 5.32 Å². The largest absolute Gasteiger partial charge is 0.506 e. The summed E-state index contributed by atoms with van der Waals surface area (Å²) in [5.41, 5.74) is 3.25. The molecule has 0 aromatic heterocycles. The second-order valence-electron chi connectivity index (χ2n) is 7.60. The lowest BCUT2D eigenvalue weighted by Crippen LogP contribution is -2.28. The van der Waals surface area contributed by atoms with Crippen molar-refractivity contribution in [3.63, 3.8) is 0 Å². The minimum atomic E-state index is -0.837. The molecule has 0 radical (unpaired) electrons. The maximum atomic E-state index is 11.5. The summed E-state index contributed by atoms with van der Waals surface area (Å²) < 4.78 is 5.47. The van der Waals surface area contributed by atoms with Crippen molar-refractivity contribution in [3.8, 4) is 11.5 Å². The van der Waals surface area contributed by atoms with Crippen LogP contribution < -0.4 is 15.4 Å². The molecule has 160 valence electrons. The molecule has 3 aromatic carbocycles. The highest BCUT2D eigenvalue weighted by Crippen LogP contribution is 2.41. The summed E-state index contributed by atoms with van der Waals surface area (Å²) in [6.45, 7) is 0.896. The van der Waals surface area contributed by atoms with Crippen molar-refractivity contribution >= 4 is 11.6 Å². The fourth-order valence-electron chi connectivity index (χ4n) is 3.93. The first-order valence-corrected chi connectivity index (χ1v) is 10.4. The predicted molar refractivity (Wildman–Crippen MR) is 119 cm³/mol. The number of benzene rings is 3. The van der Waals surface area contributed by atoms with Gasteiger partial charge in [-0.3, -0.25) is 4.79 Å². The molecule has 3 aromatic rings. The highest BCUT2D eigenvalue weighted by Gasteiger charge is 2.25. The number of phenols is 1. The number of carbonyl (C=O) groups is 1. The van der Waals surface area contributed by atoms with Crippen LogP contribution >= 0.6 is 0 Å². The molecule has 1 aliphatic rings. The van der Waals surface area contributed by atoms with Crippen molar-refractivity contribution < 1.29 is 19.7 Å². The third-order valence-electron chi connectivity index (χ3n) is 5.49. The average Bonchev–Trinajstić information content (AvgIpc) is 2.80. The SMILES string of the molecule is O=C1COc2c(C(O)CNCCC(c3ccccc3)c3ccccc3)ccc(O)c2N1. The molecular weight excluding hydrogens is 392 g/mol. The van der Waals surface area contributed by atoms with Gasteiger partial charge in [0.2, 0.25) is 0 Å². The minimum absolute atomic E-state index is 0.0828. The Bertz CT molecular complexity index is 985. The molecule has 0 saturated carbocycles. The van der Waals surface area contributed by atoms with Crippen molar-refractivity contribution in [1.29, 1.82) is 0 Å². The second-order valence-corrected chi connectivity index (χ2v) is 7.60. The third kappa shape index (κ3) is 4.87. The first kappa shape index (κ1) is 20.9. The Morgan fingerprint density at radius 1 is 0.968 bits per heavy atom. The van der Waals surface area contributed by atoms with Crippen molar-refractivity contribution in [2.45, 2.75) is 18.4 Å². The molecule has 0 spiro atoms. The van der Waals surface area contributed by atoms with E-state index in [1.807, 2.05) is 12.1 Å². The molecule has 31 heavy (non-hydrogen) atoms. The zero-order valence-electron chi connectivity index (χ0n) is 17.1. The zero-order valence-corrected chi connectivity index (χ0v) is 17.1. The lowest BCUT2D eigenvalue weighted by atomic mass is 9.88. The number of aliphatic hydroxyl groups excluding tert-OH is 1. The lowest BCUT2D eigenvalue weighted by molar-refractivity contribution is -0.118. The van der Waals surface area contributed by atoms with Crippen LogP contribution in [0.1, 0.15) is 35.1 Å². The van der Waals surface area contributed by atoms with Gasteiger partial charge in [-0.25, -0.2) is 0 Å². The van der Waals surface area contributed by atoms with Gasteiger partial charge in [-0.05, 0) is 36.2 Å². The standard InChI is InChI=1S/C25H26N2O4/c28-21-12-11-20(25-24(21)27-23(30)16-31-25)22(29)15-26-14-13-19(17-7-3-1-4-8-17)18-9-5-2-6-10-18/h1-12,19,22,26,28-29H,13-16H2,(H,27,30). The maximum Gasteiger partial charge on any atom is 0.262 e. The van der Waals surface area contributed by atoms with Gasteiger partial charge in [-0.2, -0.15) is 0 Å². The van der Waals surface area contributed by atoms with Crippen LogP contribution in [0, 0.1) is 0 Å². The van der Waals surface area contributed by atoms with Crippen LogP contribution in [0.25, 0.3) is 0 Å². The van der Waals surface area contributed by atoms with E-state index in [1.54, 1.807) is 6.07 Å². The molecular formula is C25H26N2O4. The van der Waals surface area contributed by atoms with Crippen molar-refractivity contribution in [2.75, 3.05) is 25.0 Å². The number of aliphatic hydroxyl groups is 1. The maximum absolute atomic E-state index is 11.5. The Morgan fingerprint density at radius 2 is 1.61 bits per heavy atom. The van der Waals surface area contributed by atoms with Gasteiger partial charge in [0.25, 0.3) is 5.91 Å². The Balaban J connectivity index is 1.40. The van der Waals surface area contributed by atoms with E-state index in [2.05, 4.69) is 59.2 Å². The topological polar surface area (TPSA) is 90.8 Å².